The Morgan fingerprint density at radius 3 is 1.89 bits per heavy atom. The number of carbonyl (C=O) groups excluding carboxylic acids is 1. The van der Waals surface area contributed by atoms with Gasteiger partial charge in [0.15, 0.2) is 42.0 Å². The van der Waals surface area contributed by atoms with E-state index in [0.29, 0.717) is 6.61 Å². The van der Waals surface area contributed by atoms with E-state index in [-0.39, 0.29) is 24.2 Å². The van der Waals surface area contributed by atoms with Crippen LogP contribution in [0.15, 0.2) is 69.7 Å². The summed E-state index contributed by atoms with van der Waals surface area (Å²) in [7, 11) is -4.05. The zero-order valence-electron chi connectivity index (χ0n) is 40.6. The number of benzene rings is 2. The van der Waals surface area contributed by atoms with Crippen LogP contribution < -0.4 is 0 Å². The standard InChI is InChI=1S/C17H21NO6.C16H21N3O7S.C12H19N3O5/c1-17(2)23-14-12-13(22-15(14)24-17)11(19)8-18(12)16(20)21-9-10-6-4-3-5-7-10;1-9-4-6-10(7-5-9)27(21,22)23-8-11(20)13-12(18-19-17)14-15(24-13)26-16(2,3)25-14;1-11(2)16-5-6(18-11)8-7(14-15-13)9-10(17-8)20-12(3,4)19-9/h3-7,11-15,19H,8-9H2,1-2H3;4-7,11-15,20H,8H2,1-3H3;6-10H,5H2,1-4H3/t11-,12?,13+,14+,15+;11-,12-,13+,14+,15+;6-,7-,8+,9+,10+/m111/s1. The van der Waals surface area contributed by atoms with Crippen LogP contribution in [0.2, 0.25) is 0 Å². The quantitative estimate of drug-likeness (QED) is 0.143. The first-order valence-corrected chi connectivity index (χ1v) is 24.5. The number of amides is 1. The summed E-state index contributed by atoms with van der Waals surface area (Å²) in [5.41, 5.74) is 19.4. The van der Waals surface area contributed by atoms with Gasteiger partial charge in [0, 0.05) is 9.82 Å². The minimum atomic E-state index is -4.05. The predicted molar refractivity (Wildman–Crippen MR) is 240 cm³/mol. The van der Waals surface area contributed by atoms with Crippen LogP contribution in [0, 0.1) is 6.92 Å². The van der Waals surface area contributed by atoms with Crippen LogP contribution in [0.1, 0.15) is 66.5 Å². The Balaban J connectivity index is 0.000000144. The molecular weight excluding hydrogens is 959 g/mol. The Kier molecular flexibility index (Phi) is 15.4. The number of azide groups is 2. The number of ether oxygens (including phenoxy) is 12. The maximum Gasteiger partial charge on any atom is 0.410 e. The van der Waals surface area contributed by atoms with Gasteiger partial charge in [0.05, 0.1) is 42.8 Å². The molecular formula is C45H61N7O18S. The third-order valence-electron chi connectivity index (χ3n) is 12.6. The number of aliphatic hydroxyl groups is 2. The van der Waals surface area contributed by atoms with E-state index in [1.807, 2.05) is 51.1 Å². The molecule has 2 aromatic rings. The van der Waals surface area contributed by atoms with E-state index in [1.165, 1.54) is 17.0 Å². The van der Waals surface area contributed by atoms with E-state index in [0.717, 1.165) is 11.1 Å². The lowest BCUT2D eigenvalue weighted by Gasteiger charge is -2.27. The molecule has 1 unspecified atom stereocenters. The SMILES string of the molecule is CC1(C)O[C@@H]2O[C@@H]([C@H]3COC(C)(C)O3)[C@@H](N=[N+]=[N-])[C@@H]2O1.CC1(C)O[C@@H]2O[C@@H]3C([C@@H]2O1)N(C(=O)OCc1ccccc1)C[C@H]3O.Cc1ccc(S(=O)(=O)OC[C@@H](O)[C@@H]2O[C@H]3OC(C)(C)O[C@H]3[C@@H]2N=[N+]=[N-])cc1. The van der Waals surface area contributed by atoms with E-state index in [4.69, 9.17) is 72.1 Å². The van der Waals surface area contributed by atoms with E-state index >= 15 is 0 Å². The third-order valence-corrected chi connectivity index (χ3v) is 13.9. The van der Waals surface area contributed by atoms with E-state index in [1.54, 1.807) is 53.7 Å². The van der Waals surface area contributed by atoms with Crippen LogP contribution in [0.25, 0.3) is 20.9 Å². The highest BCUT2D eigenvalue weighted by Gasteiger charge is 2.63. The largest absolute Gasteiger partial charge is 0.445 e. The second kappa shape index (κ2) is 20.6. The molecule has 15 atom stereocenters. The molecule has 2 aromatic carbocycles. The molecule has 8 saturated heterocycles. The molecule has 390 valence electrons. The fourth-order valence-corrected chi connectivity index (χ4v) is 10.5. The van der Waals surface area contributed by atoms with Gasteiger partial charge in [-0.1, -0.05) is 58.3 Å². The first-order valence-electron chi connectivity index (χ1n) is 23.1. The number of aliphatic hydroxyl groups excluding tert-OH is 2. The van der Waals surface area contributed by atoms with Gasteiger partial charge in [-0.2, -0.15) is 8.42 Å². The van der Waals surface area contributed by atoms with Gasteiger partial charge in [-0.05, 0) is 91.1 Å². The molecule has 0 aliphatic carbocycles. The highest BCUT2D eigenvalue weighted by Crippen LogP contribution is 2.45. The molecule has 8 aliphatic heterocycles. The molecule has 0 radical (unpaired) electrons. The molecule has 71 heavy (non-hydrogen) atoms. The van der Waals surface area contributed by atoms with Crippen LogP contribution in [-0.2, 0) is 77.8 Å². The maximum atomic E-state index is 12.5. The molecule has 0 aromatic heterocycles. The van der Waals surface area contributed by atoms with Crippen molar-refractivity contribution < 1.29 is 84.5 Å². The second-order valence-electron chi connectivity index (χ2n) is 19.8. The molecule has 8 fully saturated rings. The summed E-state index contributed by atoms with van der Waals surface area (Å²) in [6.45, 7) is 16.2. The molecule has 10 rings (SSSR count). The molecule has 0 bridgehead atoms. The lowest BCUT2D eigenvalue weighted by molar-refractivity contribution is -0.222. The normalized spacial score (nSPS) is 36.6. The summed E-state index contributed by atoms with van der Waals surface area (Å²) >= 11 is 0. The number of aryl methyl sites for hydroxylation is 1. The zero-order valence-corrected chi connectivity index (χ0v) is 41.5. The number of carbonyl (C=O) groups is 1. The average Bonchev–Trinajstić information content (AvgIpc) is 4.18. The summed E-state index contributed by atoms with van der Waals surface area (Å²) in [6.07, 6.45) is -8.41. The highest BCUT2D eigenvalue weighted by molar-refractivity contribution is 7.86. The molecule has 0 spiro atoms. The first-order chi connectivity index (χ1) is 33.4. The van der Waals surface area contributed by atoms with Gasteiger partial charge in [0.25, 0.3) is 10.1 Å². The number of β-amino-alcohol motifs (C(OH)–C–C–N with tert-alkyl or cyclic N) is 1. The topological polar surface area (TPSA) is 312 Å². The van der Waals surface area contributed by atoms with Crippen molar-refractivity contribution in [3.05, 3.63) is 86.6 Å². The minimum Gasteiger partial charge on any atom is -0.445 e. The Labute approximate surface area is 410 Å². The summed E-state index contributed by atoms with van der Waals surface area (Å²) in [5.74, 6) is -3.09. The van der Waals surface area contributed by atoms with Gasteiger partial charge in [-0.25, -0.2) is 4.79 Å². The van der Waals surface area contributed by atoms with Crippen LogP contribution >= 0.6 is 0 Å². The van der Waals surface area contributed by atoms with Gasteiger partial charge in [0.2, 0.25) is 0 Å². The van der Waals surface area contributed by atoms with Crippen molar-refractivity contribution in [3.63, 3.8) is 0 Å². The Bertz CT molecular complexity index is 2420. The van der Waals surface area contributed by atoms with Crippen molar-refractivity contribution in [2.45, 2.75) is 189 Å². The van der Waals surface area contributed by atoms with Gasteiger partial charge in [-0.3, -0.25) is 9.08 Å². The summed E-state index contributed by atoms with van der Waals surface area (Å²) in [6, 6.07) is 13.8. The zero-order chi connectivity index (χ0) is 51.3. The number of hydrogen-bond acceptors (Lipinski definition) is 20. The summed E-state index contributed by atoms with van der Waals surface area (Å²) < 4.78 is 97.6. The highest BCUT2D eigenvalue weighted by atomic mass is 32.2. The van der Waals surface area contributed by atoms with E-state index in [9.17, 15) is 23.4 Å². The van der Waals surface area contributed by atoms with Crippen molar-refractivity contribution in [3.8, 4) is 0 Å². The number of nitrogens with zero attached hydrogens (tertiary/aromatic N) is 7. The molecule has 8 aliphatic rings. The van der Waals surface area contributed by atoms with Crippen LogP contribution in [-0.4, -0.2) is 164 Å². The van der Waals surface area contributed by atoms with Gasteiger partial charge >= 0.3 is 6.09 Å². The maximum absolute atomic E-state index is 12.5. The van der Waals surface area contributed by atoms with Crippen LogP contribution in [0.5, 0.6) is 0 Å². The smallest absolute Gasteiger partial charge is 0.410 e. The molecule has 8 heterocycles. The summed E-state index contributed by atoms with van der Waals surface area (Å²) in [5, 5.41) is 28.0. The van der Waals surface area contributed by atoms with Crippen molar-refractivity contribution in [1.82, 2.24) is 4.90 Å². The summed E-state index contributed by atoms with van der Waals surface area (Å²) in [4.78, 5) is 19.6. The molecule has 26 heteroatoms. The monoisotopic (exact) mass is 1020 g/mol. The number of rotatable bonds is 10. The Hall–Kier alpha value is -4.28. The number of fused-ring (bicyclic) bond motifs is 5. The fourth-order valence-electron chi connectivity index (χ4n) is 9.56. The molecule has 25 nitrogen and oxygen atoms in total. The van der Waals surface area contributed by atoms with Crippen LogP contribution in [0.3, 0.4) is 0 Å². The number of hydrogen-bond donors (Lipinski definition) is 2. The lowest BCUT2D eigenvalue weighted by Crippen LogP contribution is -2.46. The Morgan fingerprint density at radius 2 is 1.30 bits per heavy atom. The molecule has 1 amide bonds. The van der Waals surface area contributed by atoms with E-state index < -0.39 is 132 Å². The number of likely N-dealkylation sites (tertiary alicyclic amines) is 1. The van der Waals surface area contributed by atoms with Crippen LogP contribution in [0.4, 0.5) is 4.79 Å². The predicted octanol–water partition coefficient (Wildman–Crippen LogP) is 4.55. The fraction of sp³-hybridized carbons (Fsp3) is 0.711. The Morgan fingerprint density at radius 1 is 0.746 bits per heavy atom. The van der Waals surface area contributed by atoms with Crippen molar-refractivity contribution in [1.29, 1.82) is 0 Å². The first kappa shape index (κ1) is 53.0. The van der Waals surface area contributed by atoms with Crippen molar-refractivity contribution >= 4 is 16.2 Å². The van der Waals surface area contributed by atoms with Gasteiger partial charge < -0.3 is 67.1 Å². The molecule has 0 saturated carbocycles. The van der Waals surface area contributed by atoms with E-state index in [2.05, 4.69) is 20.1 Å². The third kappa shape index (κ3) is 11.9. The van der Waals surface area contributed by atoms with Crippen molar-refractivity contribution in [2.24, 2.45) is 10.2 Å². The lowest BCUT2D eigenvalue weighted by atomic mass is 10.0. The average molecular weight is 1020 g/mol. The van der Waals surface area contributed by atoms with Crippen molar-refractivity contribution in [2.75, 3.05) is 19.8 Å². The van der Waals surface area contributed by atoms with Gasteiger partial charge in [0.1, 0.15) is 61.5 Å². The minimum absolute atomic E-state index is 0.0236. The second-order valence-corrected chi connectivity index (χ2v) is 21.5. The van der Waals surface area contributed by atoms with Gasteiger partial charge in [-0.15, -0.1) is 0 Å². The molecule has 2 N–H and O–H groups in total.